The summed E-state index contributed by atoms with van der Waals surface area (Å²) in [5.41, 5.74) is 2.54. The van der Waals surface area contributed by atoms with Gasteiger partial charge in [-0.25, -0.2) is 13.9 Å². The third kappa shape index (κ3) is 6.52. The molecule has 0 saturated heterocycles. The highest BCUT2D eigenvalue weighted by Crippen LogP contribution is 2.37. The minimum atomic E-state index is -0.539. The maximum absolute atomic E-state index is 14.1. The van der Waals surface area contributed by atoms with E-state index in [0.717, 1.165) is 17.7 Å². The van der Waals surface area contributed by atoms with Crippen LogP contribution in [0.3, 0.4) is 0 Å². The molecular formula is C28H33FN4O3S. The number of nitrogens with zero attached hydrogens (tertiary/aromatic N) is 3. The van der Waals surface area contributed by atoms with Crippen LogP contribution in [0.15, 0.2) is 65.0 Å². The van der Waals surface area contributed by atoms with Crippen molar-refractivity contribution in [2.45, 2.75) is 64.1 Å². The van der Waals surface area contributed by atoms with E-state index in [9.17, 15) is 9.18 Å². The normalized spacial score (nSPS) is 15.1. The molecule has 1 N–H and O–H groups in total. The first-order valence-corrected chi connectivity index (χ1v) is 13.5. The Morgan fingerprint density at radius 2 is 1.86 bits per heavy atom. The Bertz CT molecular complexity index is 1270. The number of esters is 1. The maximum Gasteiger partial charge on any atom is 0.338 e. The van der Waals surface area contributed by atoms with E-state index in [1.54, 1.807) is 22.9 Å². The molecule has 2 aromatic carbocycles. The van der Waals surface area contributed by atoms with Crippen LogP contribution in [0.1, 0.15) is 58.2 Å². The molecule has 0 fully saturated rings. The molecule has 7 nitrogen and oxygen atoms in total. The highest BCUT2D eigenvalue weighted by molar-refractivity contribution is 7.98. The average molecular weight is 525 g/mol. The number of ether oxygens (including phenoxy) is 2. The number of nitrogens with one attached hydrogen (secondary N) is 1. The fourth-order valence-electron chi connectivity index (χ4n) is 3.96. The lowest BCUT2D eigenvalue weighted by atomic mass is 9.95. The molecule has 0 bridgehead atoms. The number of halogens is 1. The molecule has 3 aromatic rings. The predicted octanol–water partition coefficient (Wildman–Crippen LogP) is 6.37. The molecule has 9 heteroatoms. The summed E-state index contributed by atoms with van der Waals surface area (Å²) in [7, 11) is 0. The second-order valence-electron chi connectivity index (χ2n) is 9.66. The van der Waals surface area contributed by atoms with Crippen LogP contribution in [-0.4, -0.2) is 33.4 Å². The molecule has 0 radical (unpaired) electrons. The molecule has 0 spiro atoms. The topological polar surface area (TPSA) is 78.3 Å². The number of anilines is 1. The molecule has 0 saturated carbocycles. The monoisotopic (exact) mass is 524 g/mol. The van der Waals surface area contributed by atoms with Gasteiger partial charge in [-0.15, -0.1) is 5.10 Å². The number of allylic oxidation sites excluding steroid dienone is 1. The molecule has 37 heavy (non-hydrogen) atoms. The van der Waals surface area contributed by atoms with Gasteiger partial charge >= 0.3 is 5.97 Å². The summed E-state index contributed by atoms with van der Waals surface area (Å²) in [4.78, 5) is 17.8. The van der Waals surface area contributed by atoms with Gasteiger partial charge in [-0.05, 0) is 62.4 Å². The zero-order chi connectivity index (χ0) is 26.5. The van der Waals surface area contributed by atoms with E-state index in [1.165, 1.54) is 17.8 Å². The molecule has 0 aliphatic carbocycles. The number of hydrogen-bond acceptors (Lipinski definition) is 7. The number of hydrogen-bond donors (Lipinski definition) is 1. The van der Waals surface area contributed by atoms with Crippen molar-refractivity contribution >= 4 is 23.7 Å². The standard InChI is InChI=1S/C28H33FN4O3S/c1-17(2)14-15-35-22-12-10-20(11-13-22)25-24(26(34)36-18(3)4)19(5)30-27-31-28(32-33(25)27)37-16-21-8-6-7-9-23(21)29/h6-13,17-18,25H,14-16H2,1-5H3,(H,30,31,32). The van der Waals surface area contributed by atoms with Gasteiger partial charge in [-0.3, -0.25) is 0 Å². The van der Waals surface area contributed by atoms with E-state index in [1.807, 2.05) is 45.0 Å². The zero-order valence-corrected chi connectivity index (χ0v) is 22.6. The van der Waals surface area contributed by atoms with Crippen LogP contribution in [0.25, 0.3) is 0 Å². The number of aromatic nitrogens is 3. The Morgan fingerprint density at radius 3 is 2.54 bits per heavy atom. The Kier molecular flexibility index (Phi) is 8.53. The van der Waals surface area contributed by atoms with Crippen LogP contribution in [0.4, 0.5) is 10.3 Å². The summed E-state index contributed by atoms with van der Waals surface area (Å²) in [6.07, 6.45) is 0.702. The van der Waals surface area contributed by atoms with Crippen molar-refractivity contribution in [1.82, 2.24) is 14.8 Å². The first-order valence-electron chi connectivity index (χ1n) is 12.5. The van der Waals surface area contributed by atoms with Crippen LogP contribution < -0.4 is 10.1 Å². The van der Waals surface area contributed by atoms with E-state index in [-0.39, 0.29) is 11.9 Å². The third-order valence-electron chi connectivity index (χ3n) is 5.87. The lowest BCUT2D eigenvalue weighted by molar-refractivity contribution is -0.143. The van der Waals surface area contributed by atoms with Gasteiger partial charge < -0.3 is 14.8 Å². The number of benzene rings is 2. The van der Waals surface area contributed by atoms with E-state index in [0.29, 0.717) is 46.2 Å². The molecule has 1 atom stereocenters. The SMILES string of the molecule is CC1=C(C(=O)OC(C)C)C(c2ccc(OCCC(C)C)cc2)n2nc(SCc3ccccc3F)nc2N1. The van der Waals surface area contributed by atoms with Gasteiger partial charge in [0, 0.05) is 11.4 Å². The van der Waals surface area contributed by atoms with Crippen molar-refractivity contribution in [1.29, 1.82) is 0 Å². The van der Waals surface area contributed by atoms with Crippen molar-refractivity contribution in [3.63, 3.8) is 0 Å². The second kappa shape index (κ2) is 11.8. The van der Waals surface area contributed by atoms with Gasteiger partial charge in [0.25, 0.3) is 0 Å². The summed E-state index contributed by atoms with van der Waals surface area (Å²) in [6.45, 7) is 10.4. The fraction of sp³-hybridized carbons (Fsp3) is 0.393. The van der Waals surface area contributed by atoms with Crippen molar-refractivity contribution < 1.29 is 18.7 Å². The first-order chi connectivity index (χ1) is 17.7. The van der Waals surface area contributed by atoms with E-state index in [4.69, 9.17) is 14.6 Å². The lowest BCUT2D eigenvalue weighted by Gasteiger charge is -2.28. The van der Waals surface area contributed by atoms with Crippen molar-refractivity contribution in [3.8, 4) is 5.75 Å². The van der Waals surface area contributed by atoms with Gasteiger partial charge in [-0.2, -0.15) is 4.98 Å². The number of carbonyl (C=O) groups is 1. The maximum atomic E-state index is 14.1. The molecule has 2 heterocycles. The third-order valence-corrected chi connectivity index (χ3v) is 6.76. The highest BCUT2D eigenvalue weighted by Gasteiger charge is 2.35. The van der Waals surface area contributed by atoms with Crippen molar-refractivity contribution in [2.75, 3.05) is 11.9 Å². The summed E-state index contributed by atoms with van der Waals surface area (Å²) in [6, 6.07) is 13.8. The van der Waals surface area contributed by atoms with Crippen LogP contribution in [-0.2, 0) is 15.3 Å². The summed E-state index contributed by atoms with van der Waals surface area (Å²) < 4.78 is 27.3. The van der Waals surface area contributed by atoms with Crippen LogP contribution in [0.5, 0.6) is 5.75 Å². The first kappa shape index (κ1) is 26.7. The minimum Gasteiger partial charge on any atom is -0.494 e. The number of rotatable bonds is 10. The zero-order valence-electron chi connectivity index (χ0n) is 21.8. The molecule has 1 aliphatic heterocycles. The van der Waals surface area contributed by atoms with E-state index in [2.05, 4.69) is 24.1 Å². The Morgan fingerprint density at radius 1 is 1.14 bits per heavy atom. The Labute approximate surface area is 221 Å². The van der Waals surface area contributed by atoms with Crippen LogP contribution in [0, 0.1) is 11.7 Å². The molecule has 1 unspecified atom stereocenters. The van der Waals surface area contributed by atoms with Gasteiger partial charge in [0.15, 0.2) is 0 Å². The largest absolute Gasteiger partial charge is 0.494 e. The highest BCUT2D eigenvalue weighted by atomic mass is 32.2. The smallest absolute Gasteiger partial charge is 0.338 e. The molecular weight excluding hydrogens is 491 g/mol. The molecule has 196 valence electrons. The van der Waals surface area contributed by atoms with Crippen molar-refractivity contribution in [3.05, 3.63) is 76.7 Å². The lowest BCUT2D eigenvalue weighted by Crippen LogP contribution is -2.30. The van der Waals surface area contributed by atoms with E-state index < -0.39 is 12.0 Å². The van der Waals surface area contributed by atoms with Crippen molar-refractivity contribution in [2.24, 2.45) is 5.92 Å². The number of fused-ring (bicyclic) bond motifs is 1. The van der Waals surface area contributed by atoms with Crippen LogP contribution in [0.2, 0.25) is 0 Å². The summed E-state index contributed by atoms with van der Waals surface area (Å²) in [5.74, 6) is 1.55. The summed E-state index contributed by atoms with van der Waals surface area (Å²) in [5, 5.41) is 8.38. The second-order valence-corrected chi connectivity index (χ2v) is 10.6. The van der Waals surface area contributed by atoms with E-state index >= 15 is 0 Å². The van der Waals surface area contributed by atoms with Gasteiger partial charge in [0.2, 0.25) is 11.1 Å². The number of carbonyl (C=O) groups excluding carboxylic acids is 1. The van der Waals surface area contributed by atoms with Crippen LogP contribution >= 0.6 is 11.8 Å². The van der Waals surface area contributed by atoms with Gasteiger partial charge in [0.05, 0.1) is 18.3 Å². The molecule has 0 amide bonds. The Balaban J connectivity index is 1.63. The predicted molar refractivity (Wildman–Crippen MR) is 143 cm³/mol. The number of thioether (sulfide) groups is 1. The quantitative estimate of drug-likeness (QED) is 0.244. The van der Waals surface area contributed by atoms with Gasteiger partial charge in [0.1, 0.15) is 17.6 Å². The van der Waals surface area contributed by atoms with Gasteiger partial charge in [-0.1, -0.05) is 55.9 Å². The fourth-order valence-corrected chi connectivity index (χ4v) is 4.77. The Hall–Kier alpha value is -3.33. The molecule has 1 aromatic heterocycles. The molecule has 1 aliphatic rings. The minimum absolute atomic E-state index is 0.262. The summed E-state index contributed by atoms with van der Waals surface area (Å²) >= 11 is 1.34. The average Bonchev–Trinajstić information content (AvgIpc) is 3.25. The molecule has 4 rings (SSSR count).